The fourth-order valence-electron chi connectivity index (χ4n) is 0.686. The lowest BCUT2D eigenvalue weighted by molar-refractivity contribution is -0.0517. The van der Waals surface area contributed by atoms with Gasteiger partial charge >= 0.3 is 6.61 Å². The molecule has 66 valence electrons. The summed E-state index contributed by atoms with van der Waals surface area (Å²) in [5.41, 5.74) is 0. The van der Waals surface area contributed by atoms with Gasteiger partial charge in [0.1, 0.15) is 11.6 Å². The number of halogens is 3. The number of rotatable bonds is 2. The molecule has 0 aromatic heterocycles. The summed E-state index contributed by atoms with van der Waals surface area (Å²) in [4.78, 5) is 0.0512. The molecule has 0 atom stereocenters. The molecule has 0 aliphatic carbocycles. The number of alkyl halides is 2. The van der Waals surface area contributed by atoms with Crippen molar-refractivity contribution in [1.29, 1.82) is 0 Å². The van der Waals surface area contributed by atoms with Gasteiger partial charge in [-0.25, -0.2) is 4.39 Å². The van der Waals surface area contributed by atoms with Crippen molar-refractivity contribution in [1.82, 2.24) is 0 Å². The van der Waals surface area contributed by atoms with Gasteiger partial charge in [0, 0.05) is 4.90 Å². The largest absolute Gasteiger partial charge is 0.434 e. The second kappa shape index (κ2) is 3.71. The minimum atomic E-state index is -2.92. The normalized spacial score (nSPS) is 10.4. The quantitative estimate of drug-likeness (QED) is 0.712. The predicted molar refractivity (Wildman–Crippen MR) is 40.3 cm³/mol. The van der Waals surface area contributed by atoms with E-state index in [0.29, 0.717) is 0 Å². The Bertz CT molecular complexity index is 277. The Morgan fingerprint density at radius 1 is 1.33 bits per heavy atom. The zero-order valence-electron chi connectivity index (χ0n) is 5.80. The minimum Gasteiger partial charge on any atom is -0.434 e. The van der Waals surface area contributed by atoms with E-state index in [-0.39, 0.29) is 10.6 Å². The van der Waals surface area contributed by atoms with Gasteiger partial charge in [-0.3, -0.25) is 0 Å². The van der Waals surface area contributed by atoms with E-state index in [4.69, 9.17) is 0 Å². The van der Waals surface area contributed by atoms with Crippen LogP contribution >= 0.6 is 12.6 Å². The molecule has 0 fully saturated rings. The molecular weight excluding hydrogens is 189 g/mol. The van der Waals surface area contributed by atoms with Crippen molar-refractivity contribution in [2.45, 2.75) is 11.5 Å². The number of hydrogen-bond acceptors (Lipinski definition) is 2. The lowest BCUT2D eigenvalue weighted by Crippen LogP contribution is -2.02. The third-order valence-electron chi connectivity index (χ3n) is 1.14. The SMILES string of the molecule is Fc1ccc(OC(F)F)c(S)c1. The molecule has 0 aliphatic heterocycles. The highest BCUT2D eigenvalue weighted by molar-refractivity contribution is 7.80. The van der Waals surface area contributed by atoms with Crippen LogP contribution in [0.1, 0.15) is 0 Å². The van der Waals surface area contributed by atoms with Gasteiger partial charge in [0.2, 0.25) is 0 Å². The molecule has 5 heteroatoms. The van der Waals surface area contributed by atoms with Gasteiger partial charge in [-0.05, 0) is 18.2 Å². The zero-order chi connectivity index (χ0) is 9.14. The fraction of sp³-hybridized carbons (Fsp3) is 0.143. The van der Waals surface area contributed by atoms with Crippen molar-refractivity contribution < 1.29 is 17.9 Å². The van der Waals surface area contributed by atoms with Crippen LogP contribution in [0.4, 0.5) is 13.2 Å². The van der Waals surface area contributed by atoms with Crippen molar-refractivity contribution in [3.05, 3.63) is 24.0 Å². The van der Waals surface area contributed by atoms with E-state index in [9.17, 15) is 13.2 Å². The number of benzene rings is 1. The van der Waals surface area contributed by atoms with Crippen LogP contribution in [0.5, 0.6) is 5.75 Å². The molecule has 12 heavy (non-hydrogen) atoms. The molecule has 0 saturated heterocycles. The topological polar surface area (TPSA) is 9.23 Å². The molecule has 0 amide bonds. The molecule has 1 rings (SSSR count). The molecule has 1 aromatic carbocycles. The van der Waals surface area contributed by atoms with E-state index in [1.54, 1.807) is 0 Å². The third kappa shape index (κ3) is 2.34. The fourth-order valence-corrected chi connectivity index (χ4v) is 0.937. The van der Waals surface area contributed by atoms with Crippen LogP contribution in [0.2, 0.25) is 0 Å². The standard InChI is InChI=1S/C7H5F3OS/c8-4-1-2-5(6(12)3-4)11-7(9)10/h1-3,7,12H. The molecular formula is C7H5F3OS. The first-order chi connectivity index (χ1) is 5.59. The van der Waals surface area contributed by atoms with Crippen LogP contribution < -0.4 is 4.74 Å². The second-order valence-electron chi connectivity index (χ2n) is 1.99. The highest BCUT2D eigenvalue weighted by Gasteiger charge is 2.07. The van der Waals surface area contributed by atoms with Gasteiger partial charge in [-0.2, -0.15) is 8.78 Å². The minimum absolute atomic E-state index is 0.0512. The molecule has 0 bridgehead atoms. The van der Waals surface area contributed by atoms with Gasteiger partial charge in [0.15, 0.2) is 0 Å². The first kappa shape index (κ1) is 9.25. The van der Waals surface area contributed by atoms with Crippen molar-refractivity contribution in [3.63, 3.8) is 0 Å². The zero-order valence-corrected chi connectivity index (χ0v) is 6.69. The van der Waals surface area contributed by atoms with E-state index < -0.39 is 12.4 Å². The molecule has 0 radical (unpaired) electrons. The molecule has 0 N–H and O–H groups in total. The Morgan fingerprint density at radius 2 is 2.00 bits per heavy atom. The van der Waals surface area contributed by atoms with Crippen LogP contribution in [-0.2, 0) is 0 Å². The first-order valence-electron chi connectivity index (χ1n) is 3.03. The lowest BCUT2D eigenvalue weighted by Gasteiger charge is -2.05. The van der Waals surface area contributed by atoms with Crippen LogP contribution in [0.3, 0.4) is 0 Å². The average Bonchev–Trinajstić information content (AvgIpc) is 1.94. The van der Waals surface area contributed by atoms with Crippen molar-refractivity contribution >= 4 is 12.6 Å². The van der Waals surface area contributed by atoms with Gasteiger partial charge in [0.05, 0.1) is 0 Å². The van der Waals surface area contributed by atoms with Gasteiger partial charge in [-0.1, -0.05) is 0 Å². The summed E-state index contributed by atoms with van der Waals surface area (Å²) >= 11 is 3.74. The van der Waals surface area contributed by atoms with Crippen molar-refractivity contribution in [3.8, 4) is 5.75 Å². The first-order valence-corrected chi connectivity index (χ1v) is 3.47. The Morgan fingerprint density at radius 3 is 2.50 bits per heavy atom. The summed E-state index contributed by atoms with van der Waals surface area (Å²) < 4.78 is 39.7. The molecule has 0 aliphatic rings. The predicted octanol–water partition coefficient (Wildman–Crippen LogP) is 2.72. The maximum atomic E-state index is 12.4. The Labute approximate surface area is 72.6 Å². The molecule has 0 spiro atoms. The van der Waals surface area contributed by atoms with E-state index in [2.05, 4.69) is 17.4 Å². The second-order valence-corrected chi connectivity index (χ2v) is 2.47. The summed E-state index contributed by atoms with van der Waals surface area (Å²) in [5.74, 6) is -0.670. The average molecular weight is 194 g/mol. The Kier molecular flexibility index (Phi) is 2.86. The summed E-state index contributed by atoms with van der Waals surface area (Å²) in [6.45, 7) is -2.92. The summed E-state index contributed by atoms with van der Waals surface area (Å²) in [7, 11) is 0. The van der Waals surface area contributed by atoms with Crippen LogP contribution in [0.25, 0.3) is 0 Å². The number of ether oxygens (including phenoxy) is 1. The summed E-state index contributed by atoms with van der Waals surface area (Å²) in [6, 6.07) is 3.13. The molecule has 0 saturated carbocycles. The van der Waals surface area contributed by atoms with Gasteiger partial charge in [0.25, 0.3) is 0 Å². The van der Waals surface area contributed by atoms with E-state index in [1.807, 2.05) is 0 Å². The highest BCUT2D eigenvalue weighted by atomic mass is 32.1. The Balaban J connectivity index is 2.86. The van der Waals surface area contributed by atoms with Crippen LogP contribution in [0.15, 0.2) is 23.1 Å². The van der Waals surface area contributed by atoms with Crippen molar-refractivity contribution in [2.24, 2.45) is 0 Å². The Hall–Kier alpha value is -0.840. The van der Waals surface area contributed by atoms with E-state index >= 15 is 0 Å². The van der Waals surface area contributed by atoms with Crippen LogP contribution in [-0.4, -0.2) is 6.61 Å². The molecule has 0 unspecified atom stereocenters. The maximum Gasteiger partial charge on any atom is 0.387 e. The van der Waals surface area contributed by atoms with Crippen LogP contribution in [0, 0.1) is 5.82 Å². The van der Waals surface area contributed by atoms with Crippen molar-refractivity contribution in [2.75, 3.05) is 0 Å². The lowest BCUT2D eigenvalue weighted by atomic mass is 10.3. The monoisotopic (exact) mass is 194 g/mol. The van der Waals surface area contributed by atoms with Gasteiger partial charge < -0.3 is 4.74 Å². The van der Waals surface area contributed by atoms with E-state index in [0.717, 1.165) is 18.2 Å². The third-order valence-corrected chi connectivity index (χ3v) is 1.49. The maximum absolute atomic E-state index is 12.4. The highest BCUT2D eigenvalue weighted by Crippen LogP contribution is 2.24. The molecule has 0 heterocycles. The van der Waals surface area contributed by atoms with Gasteiger partial charge in [-0.15, -0.1) is 12.6 Å². The van der Waals surface area contributed by atoms with E-state index in [1.165, 1.54) is 0 Å². The smallest absolute Gasteiger partial charge is 0.387 e. The summed E-state index contributed by atoms with van der Waals surface area (Å²) in [5, 5.41) is 0. The number of thiol groups is 1. The molecule has 1 nitrogen and oxygen atoms in total. The summed E-state index contributed by atoms with van der Waals surface area (Å²) in [6.07, 6.45) is 0. The number of hydrogen-bond donors (Lipinski definition) is 1. The molecule has 1 aromatic rings.